The van der Waals surface area contributed by atoms with Gasteiger partial charge in [-0.3, -0.25) is 4.79 Å². The lowest BCUT2D eigenvalue weighted by Gasteiger charge is -2.18. The van der Waals surface area contributed by atoms with Gasteiger partial charge in [-0.05, 0) is 43.2 Å². The average molecular weight is 361 g/mol. The predicted molar refractivity (Wildman–Crippen MR) is 104 cm³/mol. The van der Waals surface area contributed by atoms with E-state index in [0.29, 0.717) is 24.8 Å². The first-order chi connectivity index (χ1) is 13.2. The van der Waals surface area contributed by atoms with Gasteiger partial charge in [-0.1, -0.05) is 36.4 Å². The van der Waals surface area contributed by atoms with Crippen molar-refractivity contribution in [3.8, 4) is 11.4 Å². The van der Waals surface area contributed by atoms with Crippen molar-refractivity contribution in [2.24, 2.45) is 0 Å². The van der Waals surface area contributed by atoms with Crippen LogP contribution in [0.5, 0.6) is 5.75 Å². The molecule has 2 aromatic carbocycles. The van der Waals surface area contributed by atoms with Gasteiger partial charge in [-0.15, -0.1) is 0 Å². The van der Waals surface area contributed by atoms with Crippen LogP contribution in [0.4, 0.5) is 0 Å². The van der Waals surface area contributed by atoms with Crippen molar-refractivity contribution in [1.82, 2.24) is 14.7 Å². The van der Waals surface area contributed by atoms with E-state index in [2.05, 4.69) is 0 Å². The van der Waals surface area contributed by atoms with Gasteiger partial charge in [0.2, 0.25) is 0 Å². The minimum atomic E-state index is -0.0464. The average Bonchev–Trinajstić information content (AvgIpc) is 3.47. The number of hydrogen-bond acceptors (Lipinski definition) is 3. The number of hydrogen-bond donors (Lipinski definition) is 0. The molecule has 1 heterocycles. The second-order valence-electron chi connectivity index (χ2n) is 6.86. The number of ether oxygens (including phenoxy) is 1. The maximum absolute atomic E-state index is 13.0. The highest BCUT2D eigenvalue weighted by molar-refractivity contribution is 5.93. The Balaban J connectivity index is 1.48. The maximum Gasteiger partial charge on any atom is 0.272 e. The van der Waals surface area contributed by atoms with Gasteiger partial charge in [0.1, 0.15) is 18.1 Å². The van der Waals surface area contributed by atoms with Crippen molar-refractivity contribution < 1.29 is 9.53 Å². The summed E-state index contributed by atoms with van der Waals surface area (Å²) in [6.07, 6.45) is 2.31. The SMILES string of the molecule is CN(CCOc1ccccc1)C(=O)c1cc(C2CC2)nn1-c1ccccc1. The van der Waals surface area contributed by atoms with Crippen LogP contribution in [0.15, 0.2) is 66.7 Å². The molecule has 4 rings (SSSR count). The van der Waals surface area contributed by atoms with Crippen LogP contribution in [0.1, 0.15) is 34.9 Å². The van der Waals surface area contributed by atoms with Gasteiger partial charge in [-0.2, -0.15) is 5.10 Å². The summed E-state index contributed by atoms with van der Waals surface area (Å²) in [6, 6.07) is 21.4. The molecule has 5 heteroatoms. The zero-order valence-electron chi connectivity index (χ0n) is 15.4. The summed E-state index contributed by atoms with van der Waals surface area (Å²) in [5.41, 5.74) is 2.52. The number of benzene rings is 2. The van der Waals surface area contributed by atoms with E-state index < -0.39 is 0 Å². The molecule has 1 fully saturated rings. The summed E-state index contributed by atoms with van der Waals surface area (Å²) >= 11 is 0. The number of carbonyl (C=O) groups excluding carboxylic acids is 1. The molecule has 0 bridgehead atoms. The van der Waals surface area contributed by atoms with Crippen LogP contribution in [0.2, 0.25) is 0 Å². The Kier molecular flexibility index (Phi) is 4.92. The summed E-state index contributed by atoms with van der Waals surface area (Å²) in [6.45, 7) is 0.952. The minimum Gasteiger partial charge on any atom is -0.492 e. The van der Waals surface area contributed by atoms with Crippen molar-refractivity contribution in [2.45, 2.75) is 18.8 Å². The zero-order chi connectivity index (χ0) is 18.6. The van der Waals surface area contributed by atoms with Gasteiger partial charge in [0.05, 0.1) is 17.9 Å². The lowest BCUT2D eigenvalue weighted by molar-refractivity contribution is 0.0765. The van der Waals surface area contributed by atoms with Gasteiger partial charge >= 0.3 is 0 Å². The van der Waals surface area contributed by atoms with Crippen LogP contribution < -0.4 is 4.74 Å². The molecule has 1 saturated carbocycles. The van der Waals surface area contributed by atoms with Crippen LogP contribution in [0.25, 0.3) is 5.69 Å². The van der Waals surface area contributed by atoms with E-state index in [9.17, 15) is 4.79 Å². The summed E-state index contributed by atoms with van der Waals surface area (Å²) in [5.74, 6) is 1.26. The lowest BCUT2D eigenvalue weighted by Crippen LogP contribution is -2.32. The topological polar surface area (TPSA) is 47.4 Å². The molecule has 0 unspecified atom stereocenters. The highest BCUT2D eigenvalue weighted by atomic mass is 16.5. The standard InChI is InChI=1S/C22H23N3O2/c1-24(14-15-27-19-10-6-3-7-11-19)22(26)21-16-20(17-12-13-17)23-25(21)18-8-4-2-5-9-18/h2-11,16-17H,12-15H2,1H3. The van der Waals surface area contributed by atoms with Crippen molar-refractivity contribution in [2.75, 3.05) is 20.2 Å². The van der Waals surface area contributed by atoms with Gasteiger partial charge < -0.3 is 9.64 Å². The van der Waals surface area contributed by atoms with E-state index >= 15 is 0 Å². The van der Waals surface area contributed by atoms with Crippen LogP contribution in [-0.4, -0.2) is 40.8 Å². The van der Waals surface area contributed by atoms with Gasteiger partial charge in [-0.25, -0.2) is 4.68 Å². The molecule has 5 nitrogen and oxygen atoms in total. The molecule has 1 aliphatic rings. The summed E-state index contributed by atoms with van der Waals surface area (Å²) in [7, 11) is 1.80. The third kappa shape index (κ3) is 4.03. The smallest absolute Gasteiger partial charge is 0.272 e. The van der Waals surface area contributed by atoms with Crippen LogP contribution in [-0.2, 0) is 0 Å². The molecule has 3 aromatic rings. The fourth-order valence-electron chi connectivity index (χ4n) is 3.01. The second kappa shape index (κ2) is 7.66. The Hall–Kier alpha value is -3.08. The third-order valence-corrected chi connectivity index (χ3v) is 4.73. The number of aromatic nitrogens is 2. The Morgan fingerprint density at radius 1 is 1.11 bits per heavy atom. The molecule has 27 heavy (non-hydrogen) atoms. The number of likely N-dealkylation sites (N-methyl/N-ethyl adjacent to an activating group) is 1. The van der Waals surface area contributed by atoms with E-state index in [1.54, 1.807) is 16.6 Å². The molecule has 0 atom stereocenters. The number of nitrogens with zero attached hydrogens (tertiary/aromatic N) is 3. The largest absolute Gasteiger partial charge is 0.492 e. The fourth-order valence-corrected chi connectivity index (χ4v) is 3.01. The molecule has 1 amide bonds. The van der Waals surface area contributed by atoms with Crippen LogP contribution in [0.3, 0.4) is 0 Å². The monoisotopic (exact) mass is 361 g/mol. The molecular weight excluding hydrogens is 338 g/mol. The molecule has 0 N–H and O–H groups in total. The van der Waals surface area contributed by atoms with Gasteiger partial charge in [0.15, 0.2) is 0 Å². The quantitative estimate of drug-likeness (QED) is 0.641. The Bertz CT molecular complexity index is 902. The van der Waals surface area contributed by atoms with E-state index in [0.717, 1.165) is 30.0 Å². The van der Waals surface area contributed by atoms with Crippen molar-refractivity contribution in [3.63, 3.8) is 0 Å². The van der Waals surface area contributed by atoms with E-state index in [4.69, 9.17) is 9.84 Å². The van der Waals surface area contributed by atoms with E-state index in [-0.39, 0.29) is 5.91 Å². The van der Waals surface area contributed by atoms with Crippen molar-refractivity contribution >= 4 is 5.91 Å². The molecule has 0 aliphatic heterocycles. The molecule has 0 radical (unpaired) electrons. The van der Waals surface area contributed by atoms with Crippen LogP contribution >= 0.6 is 0 Å². The molecule has 1 aliphatic carbocycles. The third-order valence-electron chi connectivity index (χ3n) is 4.73. The molecule has 0 saturated heterocycles. The normalized spacial score (nSPS) is 13.4. The lowest BCUT2D eigenvalue weighted by atomic mass is 10.2. The predicted octanol–water partition coefficient (Wildman–Crippen LogP) is 3.90. The fraction of sp³-hybridized carbons (Fsp3) is 0.273. The number of amides is 1. The maximum atomic E-state index is 13.0. The number of carbonyl (C=O) groups is 1. The molecular formula is C22H23N3O2. The first-order valence-electron chi connectivity index (χ1n) is 9.31. The highest BCUT2D eigenvalue weighted by Gasteiger charge is 2.29. The summed E-state index contributed by atoms with van der Waals surface area (Å²) in [5, 5.41) is 4.71. The number of rotatable bonds is 7. The molecule has 138 valence electrons. The zero-order valence-corrected chi connectivity index (χ0v) is 15.4. The van der Waals surface area contributed by atoms with E-state index in [1.165, 1.54) is 0 Å². The highest BCUT2D eigenvalue weighted by Crippen LogP contribution is 2.39. The molecule has 0 spiro atoms. The van der Waals surface area contributed by atoms with Crippen molar-refractivity contribution in [1.29, 1.82) is 0 Å². The summed E-state index contributed by atoms with van der Waals surface area (Å²) < 4.78 is 7.48. The first kappa shape index (κ1) is 17.3. The Morgan fingerprint density at radius 3 is 2.44 bits per heavy atom. The van der Waals surface area contributed by atoms with Gasteiger partial charge in [0, 0.05) is 13.0 Å². The molecule has 1 aromatic heterocycles. The van der Waals surface area contributed by atoms with Gasteiger partial charge in [0.25, 0.3) is 5.91 Å². The van der Waals surface area contributed by atoms with Crippen molar-refractivity contribution in [3.05, 3.63) is 78.1 Å². The van der Waals surface area contributed by atoms with Crippen LogP contribution in [0, 0.1) is 0 Å². The first-order valence-corrected chi connectivity index (χ1v) is 9.31. The number of para-hydroxylation sites is 2. The minimum absolute atomic E-state index is 0.0464. The van der Waals surface area contributed by atoms with E-state index in [1.807, 2.05) is 66.7 Å². The Labute approximate surface area is 159 Å². The Morgan fingerprint density at radius 2 is 1.78 bits per heavy atom. The second-order valence-corrected chi connectivity index (χ2v) is 6.86. The summed E-state index contributed by atoms with van der Waals surface area (Å²) in [4.78, 5) is 14.7.